The molecule has 3 nitrogen and oxygen atoms in total. The summed E-state index contributed by atoms with van der Waals surface area (Å²) in [5.41, 5.74) is -0.0676. The van der Waals surface area contributed by atoms with Gasteiger partial charge in [-0.1, -0.05) is 22.9 Å². The van der Waals surface area contributed by atoms with Crippen molar-refractivity contribution in [3.63, 3.8) is 0 Å². The molecule has 0 aliphatic carbocycles. The van der Waals surface area contributed by atoms with Crippen molar-refractivity contribution in [2.24, 2.45) is 0 Å². The van der Waals surface area contributed by atoms with Crippen molar-refractivity contribution in [3.05, 3.63) is 28.2 Å². The molecular weight excluding hydrogens is 327 g/mol. The molecule has 1 rings (SSSR count). The minimum absolute atomic E-state index is 0.0786. The van der Waals surface area contributed by atoms with Gasteiger partial charge in [-0.05, 0) is 24.6 Å². The third-order valence-electron chi connectivity index (χ3n) is 2.39. The predicted octanol–water partition coefficient (Wildman–Crippen LogP) is 3.93. The van der Waals surface area contributed by atoms with Gasteiger partial charge >= 0.3 is 12.1 Å². The van der Waals surface area contributed by atoms with Crippen LogP contribution in [0.2, 0.25) is 0 Å². The molecule has 0 unspecified atom stereocenters. The standard InChI is InChI=1S/C12H13BrF3NO2/c1-2-5-17(7-12(14,15)16)10-4-3-8(13)6-9(10)11(18)19/h3-4,6H,2,5,7H2,1H3,(H,18,19). The molecule has 1 aromatic rings. The highest BCUT2D eigenvalue weighted by molar-refractivity contribution is 9.10. The maximum absolute atomic E-state index is 12.5. The van der Waals surface area contributed by atoms with E-state index in [1.165, 1.54) is 18.2 Å². The third kappa shape index (κ3) is 4.74. The number of carboxylic acids is 1. The summed E-state index contributed by atoms with van der Waals surface area (Å²) < 4.78 is 38.1. The summed E-state index contributed by atoms with van der Waals surface area (Å²) in [6.07, 6.45) is -3.89. The molecule has 0 amide bonds. The summed E-state index contributed by atoms with van der Waals surface area (Å²) in [4.78, 5) is 12.2. The number of halogens is 4. The fourth-order valence-corrected chi connectivity index (χ4v) is 2.09. The van der Waals surface area contributed by atoms with Gasteiger partial charge in [0, 0.05) is 11.0 Å². The van der Waals surface area contributed by atoms with Gasteiger partial charge in [0.2, 0.25) is 0 Å². The van der Waals surface area contributed by atoms with E-state index in [4.69, 9.17) is 5.11 Å². The highest BCUT2D eigenvalue weighted by Crippen LogP contribution is 2.28. The Morgan fingerprint density at radius 3 is 2.53 bits per heavy atom. The smallest absolute Gasteiger partial charge is 0.405 e. The number of hydrogen-bond donors (Lipinski definition) is 1. The fourth-order valence-electron chi connectivity index (χ4n) is 1.73. The first-order chi connectivity index (χ1) is 8.74. The minimum atomic E-state index is -4.38. The largest absolute Gasteiger partial charge is 0.478 e. The lowest BCUT2D eigenvalue weighted by Gasteiger charge is -2.27. The van der Waals surface area contributed by atoms with Crippen LogP contribution >= 0.6 is 15.9 Å². The Labute approximate surface area is 117 Å². The van der Waals surface area contributed by atoms with E-state index in [1.54, 1.807) is 6.92 Å². The Morgan fingerprint density at radius 2 is 2.05 bits per heavy atom. The molecule has 0 aliphatic rings. The number of nitrogens with zero attached hydrogens (tertiary/aromatic N) is 1. The molecule has 0 aromatic heterocycles. The molecule has 0 atom stereocenters. The van der Waals surface area contributed by atoms with Crippen molar-refractivity contribution < 1.29 is 23.1 Å². The Balaban J connectivity index is 3.18. The highest BCUT2D eigenvalue weighted by atomic mass is 79.9. The van der Waals surface area contributed by atoms with E-state index in [2.05, 4.69) is 15.9 Å². The topological polar surface area (TPSA) is 40.5 Å². The molecule has 0 aliphatic heterocycles. The predicted molar refractivity (Wildman–Crippen MR) is 69.7 cm³/mol. The van der Waals surface area contributed by atoms with Gasteiger partial charge < -0.3 is 10.0 Å². The molecule has 1 aromatic carbocycles. The van der Waals surface area contributed by atoms with Crippen LogP contribution < -0.4 is 4.90 Å². The monoisotopic (exact) mass is 339 g/mol. The van der Waals surface area contributed by atoms with Crippen molar-refractivity contribution >= 4 is 27.6 Å². The maximum Gasteiger partial charge on any atom is 0.405 e. The van der Waals surface area contributed by atoms with Crippen LogP contribution in [0.4, 0.5) is 18.9 Å². The van der Waals surface area contributed by atoms with Crippen LogP contribution in [0.5, 0.6) is 0 Å². The molecule has 0 saturated heterocycles. The van der Waals surface area contributed by atoms with Gasteiger partial charge in [-0.25, -0.2) is 4.79 Å². The quantitative estimate of drug-likeness (QED) is 0.883. The molecule has 0 saturated carbocycles. The van der Waals surface area contributed by atoms with E-state index in [0.29, 0.717) is 10.9 Å². The van der Waals surface area contributed by atoms with E-state index < -0.39 is 18.7 Å². The van der Waals surface area contributed by atoms with Crippen LogP contribution in [0.25, 0.3) is 0 Å². The van der Waals surface area contributed by atoms with Gasteiger partial charge in [0.1, 0.15) is 6.54 Å². The van der Waals surface area contributed by atoms with Crippen LogP contribution in [-0.2, 0) is 0 Å². The van der Waals surface area contributed by atoms with Gasteiger partial charge in [0.15, 0.2) is 0 Å². The zero-order valence-electron chi connectivity index (χ0n) is 10.2. The average molecular weight is 340 g/mol. The molecular formula is C12H13BrF3NO2. The number of anilines is 1. The first-order valence-electron chi connectivity index (χ1n) is 5.59. The summed E-state index contributed by atoms with van der Waals surface area (Å²) in [7, 11) is 0. The van der Waals surface area contributed by atoms with E-state index in [-0.39, 0.29) is 17.8 Å². The Bertz CT molecular complexity index is 463. The second-order valence-corrected chi connectivity index (χ2v) is 4.92. The van der Waals surface area contributed by atoms with Crippen LogP contribution in [0.3, 0.4) is 0 Å². The second kappa shape index (κ2) is 6.27. The van der Waals surface area contributed by atoms with Crippen molar-refractivity contribution in [2.45, 2.75) is 19.5 Å². The van der Waals surface area contributed by atoms with Crippen molar-refractivity contribution in [1.29, 1.82) is 0 Å². The van der Waals surface area contributed by atoms with E-state index in [9.17, 15) is 18.0 Å². The van der Waals surface area contributed by atoms with Crippen LogP contribution in [0.1, 0.15) is 23.7 Å². The number of carboxylic acid groups (broad SMARTS) is 1. The fraction of sp³-hybridized carbons (Fsp3) is 0.417. The van der Waals surface area contributed by atoms with E-state index in [0.717, 1.165) is 4.90 Å². The third-order valence-corrected chi connectivity index (χ3v) is 2.89. The molecule has 1 N–H and O–H groups in total. The number of benzene rings is 1. The van der Waals surface area contributed by atoms with Gasteiger partial charge in [0.05, 0.1) is 11.3 Å². The number of alkyl halides is 3. The maximum atomic E-state index is 12.5. The summed E-state index contributed by atoms with van der Waals surface area (Å²) in [6, 6.07) is 4.21. The summed E-state index contributed by atoms with van der Waals surface area (Å²) in [5, 5.41) is 9.08. The van der Waals surface area contributed by atoms with Crippen LogP contribution in [0.15, 0.2) is 22.7 Å². The zero-order chi connectivity index (χ0) is 14.6. The van der Waals surface area contributed by atoms with Gasteiger partial charge in [0.25, 0.3) is 0 Å². The summed E-state index contributed by atoms with van der Waals surface area (Å²) in [5.74, 6) is -1.25. The lowest BCUT2D eigenvalue weighted by atomic mass is 10.1. The van der Waals surface area contributed by atoms with Crippen molar-refractivity contribution in [2.75, 3.05) is 18.0 Å². The van der Waals surface area contributed by atoms with Crippen LogP contribution in [0, 0.1) is 0 Å². The number of rotatable bonds is 5. The molecule has 0 spiro atoms. The molecule has 19 heavy (non-hydrogen) atoms. The number of carbonyl (C=O) groups is 1. The SMILES string of the molecule is CCCN(CC(F)(F)F)c1ccc(Br)cc1C(=O)O. The van der Waals surface area contributed by atoms with Crippen LogP contribution in [-0.4, -0.2) is 30.3 Å². The molecule has 106 valence electrons. The highest BCUT2D eigenvalue weighted by Gasteiger charge is 2.32. The zero-order valence-corrected chi connectivity index (χ0v) is 11.8. The molecule has 0 radical (unpaired) electrons. The van der Waals surface area contributed by atoms with Gasteiger partial charge in [-0.15, -0.1) is 0 Å². The Morgan fingerprint density at radius 1 is 1.42 bits per heavy atom. The van der Waals surface area contributed by atoms with E-state index in [1.807, 2.05) is 0 Å². The molecule has 0 fully saturated rings. The molecule has 7 heteroatoms. The molecule has 0 bridgehead atoms. The summed E-state index contributed by atoms with van der Waals surface area (Å²) in [6.45, 7) is 0.715. The second-order valence-electron chi connectivity index (χ2n) is 4.00. The Hall–Kier alpha value is -1.24. The average Bonchev–Trinajstić information content (AvgIpc) is 2.26. The van der Waals surface area contributed by atoms with Gasteiger partial charge in [-0.2, -0.15) is 13.2 Å². The molecule has 0 heterocycles. The van der Waals surface area contributed by atoms with Gasteiger partial charge in [-0.3, -0.25) is 0 Å². The lowest BCUT2D eigenvalue weighted by molar-refractivity contribution is -0.119. The number of aromatic carboxylic acids is 1. The van der Waals surface area contributed by atoms with E-state index >= 15 is 0 Å². The normalized spacial score (nSPS) is 11.4. The number of hydrogen-bond acceptors (Lipinski definition) is 2. The van der Waals surface area contributed by atoms with Crippen molar-refractivity contribution in [1.82, 2.24) is 0 Å². The first-order valence-corrected chi connectivity index (χ1v) is 6.38. The Kier molecular flexibility index (Phi) is 5.22. The van der Waals surface area contributed by atoms with Crippen molar-refractivity contribution in [3.8, 4) is 0 Å². The minimum Gasteiger partial charge on any atom is -0.478 e. The summed E-state index contributed by atoms with van der Waals surface area (Å²) >= 11 is 3.11. The first kappa shape index (κ1) is 15.8. The lowest BCUT2D eigenvalue weighted by Crippen LogP contribution is -2.35.